The van der Waals surface area contributed by atoms with E-state index in [0.717, 1.165) is 38.5 Å². The van der Waals surface area contributed by atoms with E-state index in [4.69, 9.17) is 100 Å². The van der Waals surface area contributed by atoms with Crippen LogP contribution in [0.1, 0.15) is 92.9 Å². The molecule has 0 unspecified atom stereocenters. The van der Waals surface area contributed by atoms with Crippen molar-refractivity contribution in [3.05, 3.63) is 20.9 Å². The molecule has 0 saturated heterocycles. The van der Waals surface area contributed by atoms with Crippen LogP contribution in [0.2, 0.25) is 0 Å². The number of ether oxygens (including phenoxy) is 14. The van der Waals surface area contributed by atoms with E-state index in [1.807, 2.05) is 41.5 Å². The lowest BCUT2D eigenvalue weighted by Crippen LogP contribution is -2.33. The second kappa shape index (κ2) is 72.8. The molecule has 0 rings (SSSR count). The predicted molar refractivity (Wildman–Crippen MR) is 307 cm³/mol. The van der Waals surface area contributed by atoms with Crippen molar-refractivity contribution in [2.75, 3.05) is 211 Å². The summed E-state index contributed by atoms with van der Waals surface area (Å²) in [7, 11) is 0. The van der Waals surface area contributed by atoms with E-state index in [1.54, 1.807) is 0 Å². The lowest BCUT2D eigenvalue weighted by molar-refractivity contribution is 0.0138. The Bertz CT molecular complexity index is 1310. The molecule has 2 amide bonds. The average Bonchev–Trinajstić information content (AvgIpc) is 3.39. The van der Waals surface area contributed by atoms with Crippen molar-refractivity contribution in [3.63, 3.8) is 0 Å². The molecule has 0 radical (unpaired) electrons. The number of nitrogens with zero attached hydrogens (tertiary/aromatic N) is 6. The zero-order valence-corrected chi connectivity index (χ0v) is 50.0. The van der Waals surface area contributed by atoms with E-state index >= 15 is 0 Å². The zero-order chi connectivity index (χ0) is 58.6. The third-order valence-electron chi connectivity index (χ3n) is 8.43. The van der Waals surface area contributed by atoms with Crippen LogP contribution in [0.25, 0.3) is 20.9 Å². The molecule has 0 saturated carbocycles. The van der Waals surface area contributed by atoms with Gasteiger partial charge >= 0.3 is 12.2 Å². The smallest absolute Gasteiger partial charge is 0.407 e. The number of azide groups is 2. The van der Waals surface area contributed by atoms with E-state index in [1.165, 1.54) is 0 Å². The van der Waals surface area contributed by atoms with Crippen LogP contribution in [0, 0.1) is 0 Å². The van der Waals surface area contributed by atoms with Crippen LogP contribution in [0.3, 0.4) is 0 Å². The Kier molecular flexibility index (Phi) is 78.0. The molecule has 28 nitrogen and oxygen atoms in total. The topological polar surface area (TPSA) is 389 Å². The number of hydrogen-bond donors (Lipinski definition) is 6. The molecule has 0 fully saturated rings. The lowest BCUT2D eigenvalue weighted by atomic mass is 10.2. The van der Waals surface area contributed by atoms with Crippen molar-refractivity contribution in [1.29, 1.82) is 0 Å². The van der Waals surface area contributed by atoms with Gasteiger partial charge in [0.25, 0.3) is 0 Å². The van der Waals surface area contributed by atoms with Crippen LogP contribution in [-0.2, 0) is 66.3 Å². The molecule has 0 heterocycles. The van der Waals surface area contributed by atoms with Crippen LogP contribution in [-0.4, -0.2) is 234 Å². The maximum Gasteiger partial charge on any atom is 0.407 e. The molecule has 0 spiro atoms. The molecule has 10 N–H and O–H groups in total. The van der Waals surface area contributed by atoms with E-state index in [9.17, 15) is 9.59 Å². The minimum Gasteiger partial charge on any atom is -0.444 e. The predicted octanol–water partition coefficient (Wildman–Crippen LogP) is 5.19. The first-order valence-electron chi connectivity index (χ1n) is 27.4. The second-order valence-electron chi connectivity index (χ2n) is 18.1. The van der Waals surface area contributed by atoms with Gasteiger partial charge in [0.05, 0.1) is 106 Å². The summed E-state index contributed by atoms with van der Waals surface area (Å²) in [6, 6.07) is 0. The second-order valence-corrected chi connectivity index (χ2v) is 18.1. The Balaban J connectivity index is -0.000000312. The molecule has 0 aliphatic rings. The van der Waals surface area contributed by atoms with Crippen LogP contribution in [0.15, 0.2) is 10.2 Å². The van der Waals surface area contributed by atoms with Gasteiger partial charge in [0.1, 0.15) is 11.2 Å². The van der Waals surface area contributed by atoms with Crippen molar-refractivity contribution in [2.24, 2.45) is 33.2 Å². The summed E-state index contributed by atoms with van der Waals surface area (Å²) in [6.07, 6.45) is 5.67. The molecule has 472 valence electrons. The highest BCUT2D eigenvalue weighted by atomic mass is 35.5. The van der Waals surface area contributed by atoms with E-state index in [2.05, 4.69) is 30.7 Å². The maximum atomic E-state index is 11.4. The van der Waals surface area contributed by atoms with Crippen LogP contribution in [0.4, 0.5) is 9.59 Å². The van der Waals surface area contributed by atoms with E-state index < -0.39 is 23.4 Å². The highest BCUT2D eigenvalue weighted by Crippen LogP contribution is 2.07. The summed E-state index contributed by atoms with van der Waals surface area (Å²) in [6.45, 7) is 29.7. The summed E-state index contributed by atoms with van der Waals surface area (Å²) in [5, 5.41) is 12.2. The van der Waals surface area contributed by atoms with Crippen molar-refractivity contribution in [3.8, 4) is 0 Å². The van der Waals surface area contributed by atoms with E-state index in [-0.39, 0.29) is 12.4 Å². The lowest BCUT2D eigenvalue weighted by Gasteiger charge is -2.19. The number of hydrogen-bond acceptors (Lipinski definition) is 22. The fourth-order valence-electron chi connectivity index (χ4n) is 4.83. The fraction of sp³-hybridized carbons (Fsp3) is 0.960. The van der Waals surface area contributed by atoms with Gasteiger partial charge in [-0.1, -0.05) is 10.2 Å². The Hall–Kier alpha value is -3.19. The normalized spacial score (nSPS) is 10.8. The van der Waals surface area contributed by atoms with Crippen molar-refractivity contribution in [1.82, 2.24) is 10.6 Å². The summed E-state index contributed by atoms with van der Waals surface area (Å²) in [5.41, 5.74) is 36.4. The first-order valence-corrected chi connectivity index (χ1v) is 27.4. The number of nitrogens with one attached hydrogen (secondary N) is 2. The molecule has 0 aliphatic carbocycles. The van der Waals surface area contributed by atoms with Gasteiger partial charge in [-0.3, -0.25) is 0 Å². The number of amides is 2. The Labute approximate surface area is 478 Å². The molecule has 0 atom stereocenters. The van der Waals surface area contributed by atoms with Crippen LogP contribution < -0.4 is 33.6 Å². The van der Waals surface area contributed by atoms with Gasteiger partial charge in [0.2, 0.25) is 0 Å². The first-order chi connectivity index (χ1) is 37.7. The summed E-state index contributed by atoms with van der Waals surface area (Å²) in [5.74, 6) is 0. The van der Waals surface area contributed by atoms with Gasteiger partial charge in [-0.15, -0.1) is 12.4 Å². The van der Waals surface area contributed by atoms with Gasteiger partial charge in [-0.25, -0.2) is 9.59 Å². The summed E-state index contributed by atoms with van der Waals surface area (Å²) in [4.78, 5) is 28.0. The van der Waals surface area contributed by atoms with Crippen molar-refractivity contribution in [2.45, 2.75) is 104 Å². The molecule has 0 aliphatic heterocycles. The molecule has 29 heteroatoms. The number of carbonyl (C=O) groups is 2. The minimum absolute atomic E-state index is 0. The van der Waals surface area contributed by atoms with Crippen molar-refractivity contribution < 1.29 is 75.9 Å². The van der Waals surface area contributed by atoms with Gasteiger partial charge in [-0.05, 0) is 130 Å². The molecule has 79 heavy (non-hydrogen) atoms. The third-order valence-corrected chi connectivity index (χ3v) is 8.43. The Morgan fingerprint density at radius 3 is 0.734 bits per heavy atom. The number of halogens is 1. The highest BCUT2D eigenvalue weighted by Gasteiger charge is 2.16. The molecular formula is C50H109ClN12O16. The highest BCUT2D eigenvalue weighted by molar-refractivity contribution is 5.85. The Morgan fingerprint density at radius 2 is 0.544 bits per heavy atom. The van der Waals surface area contributed by atoms with Gasteiger partial charge in [0.15, 0.2) is 0 Å². The van der Waals surface area contributed by atoms with Crippen LogP contribution >= 0.6 is 12.4 Å². The molecule has 0 aromatic carbocycles. The largest absolute Gasteiger partial charge is 0.444 e. The fourth-order valence-corrected chi connectivity index (χ4v) is 4.83. The monoisotopic (exact) mass is 1170 g/mol. The van der Waals surface area contributed by atoms with Crippen LogP contribution in [0.5, 0.6) is 0 Å². The van der Waals surface area contributed by atoms with Gasteiger partial charge < -0.3 is 99.9 Å². The number of alkyl carbamates (subject to hydrolysis) is 2. The van der Waals surface area contributed by atoms with Gasteiger partial charge in [-0.2, -0.15) is 0 Å². The molecule has 0 aromatic heterocycles. The minimum atomic E-state index is -0.480. The number of nitrogens with two attached hydrogens (primary N) is 4. The molecule has 0 bridgehead atoms. The average molecular weight is 1170 g/mol. The molecular weight excluding hydrogens is 1060 g/mol. The van der Waals surface area contributed by atoms with Gasteiger partial charge in [0, 0.05) is 88.9 Å². The first kappa shape index (κ1) is 84.6. The van der Waals surface area contributed by atoms with Crippen molar-refractivity contribution >= 4 is 24.6 Å². The quantitative estimate of drug-likeness (QED) is 0.0197. The third kappa shape index (κ3) is 94.4. The maximum absolute atomic E-state index is 11.4. The van der Waals surface area contributed by atoms with E-state index in [0.29, 0.717) is 224 Å². The number of rotatable bonds is 52. The standard InChI is InChI=1S/C15H30N4O5.C15H32N2O5.C10H22N4O3.C10H24N2O3.ClH/c1-15(2,3)24-14(20)17-6-4-8-21-10-12-23-13-11-22-9-5-7-18-19-16;1-15(2,3)22-14(18)17-7-5-9-20-11-13-21-12-10-19-8-4-6-16;11-3-1-5-15-7-9-17-10-8-16-6-2-4-13-14-12;11-3-1-5-13-7-9-15-10-8-14-6-2-4-12;/h4-13H2,1-3H3,(H,17,20);4-13,16H2,1-3H3,(H,17,18);1-11H2;1-12H2;1H. The summed E-state index contributed by atoms with van der Waals surface area (Å²) >= 11 is 0. The summed E-state index contributed by atoms with van der Waals surface area (Å²) < 4.78 is 73.9. The zero-order valence-electron chi connectivity index (χ0n) is 49.2. The molecule has 0 aromatic rings. The Morgan fingerprint density at radius 1 is 0.354 bits per heavy atom. The number of carbonyl (C=O) groups excluding carboxylic acids is 2. The SMILES string of the molecule is CC(C)(C)OC(=O)NCCCOCCOCCOCCCN.CC(C)(C)OC(=O)NCCCOCCOCCOCCCN=[N+]=[N-].Cl.NCCCOCCOCCOCCCN.[N-]=[N+]=NCCCOCCOCCOCCCN.